The molecule has 0 aromatic heterocycles. The highest BCUT2D eigenvalue weighted by molar-refractivity contribution is 14.0. The molecule has 0 spiro atoms. The smallest absolute Gasteiger partial charge is 0.223 e. The maximum Gasteiger partial charge on any atom is 0.223 e. The van der Waals surface area contributed by atoms with Gasteiger partial charge in [-0.2, -0.15) is 0 Å². The lowest BCUT2D eigenvalue weighted by Gasteiger charge is -2.34. The van der Waals surface area contributed by atoms with Gasteiger partial charge >= 0.3 is 0 Å². The normalized spacial score (nSPS) is 21.3. The molecule has 2 atom stereocenters. The van der Waals surface area contributed by atoms with Gasteiger partial charge in [-0.15, -0.1) is 24.0 Å². The highest BCUT2D eigenvalue weighted by Gasteiger charge is 2.29. The lowest BCUT2D eigenvalue weighted by molar-refractivity contribution is -0.127. The van der Waals surface area contributed by atoms with Crippen molar-refractivity contribution in [2.75, 3.05) is 45.8 Å². The van der Waals surface area contributed by atoms with Gasteiger partial charge in [-0.1, -0.05) is 37.3 Å². The highest BCUT2D eigenvalue weighted by Crippen LogP contribution is 2.19. The molecule has 2 unspecified atom stereocenters. The summed E-state index contributed by atoms with van der Waals surface area (Å²) in [6.45, 7) is 13.2. The number of nitrogens with one attached hydrogen (secondary N) is 2. The Morgan fingerprint density at radius 1 is 1.19 bits per heavy atom. The number of hydrogen-bond donors (Lipinski definition) is 2. The van der Waals surface area contributed by atoms with E-state index in [4.69, 9.17) is 4.99 Å². The minimum Gasteiger partial charge on any atom is -0.357 e. The second kappa shape index (κ2) is 14.0. The van der Waals surface area contributed by atoms with Crippen LogP contribution in [0.4, 0.5) is 0 Å². The lowest BCUT2D eigenvalue weighted by atomic mass is 9.98. The first-order valence-corrected chi connectivity index (χ1v) is 12.1. The summed E-state index contributed by atoms with van der Waals surface area (Å²) in [6.07, 6.45) is 4.14. The number of carbonyl (C=O) groups is 1. The first kappa shape index (κ1) is 26.9. The van der Waals surface area contributed by atoms with Crippen molar-refractivity contribution in [3.8, 4) is 0 Å². The zero-order valence-corrected chi connectivity index (χ0v) is 22.4. The molecule has 2 heterocycles. The maximum absolute atomic E-state index is 12.4. The van der Waals surface area contributed by atoms with Gasteiger partial charge in [0.25, 0.3) is 0 Å². The van der Waals surface area contributed by atoms with E-state index in [1.54, 1.807) is 0 Å². The minimum absolute atomic E-state index is 0. The van der Waals surface area contributed by atoms with E-state index in [9.17, 15) is 4.79 Å². The molecule has 2 N–H and O–H groups in total. The molecule has 0 bridgehead atoms. The summed E-state index contributed by atoms with van der Waals surface area (Å²) < 4.78 is 0. The first-order valence-electron chi connectivity index (χ1n) is 12.1. The number of amides is 1. The van der Waals surface area contributed by atoms with Gasteiger partial charge < -0.3 is 15.5 Å². The maximum atomic E-state index is 12.4. The molecule has 0 saturated carbocycles. The monoisotopic (exact) mass is 555 g/mol. The van der Waals surface area contributed by atoms with E-state index in [1.807, 2.05) is 11.0 Å². The van der Waals surface area contributed by atoms with Crippen LogP contribution in [0.15, 0.2) is 35.3 Å². The fourth-order valence-electron chi connectivity index (χ4n) is 4.51. The Kier molecular flexibility index (Phi) is 11.8. The highest BCUT2D eigenvalue weighted by atomic mass is 127. The third-order valence-corrected chi connectivity index (χ3v) is 6.67. The molecule has 2 fully saturated rings. The summed E-state index contributed by atoms with van der Waals surface area (Å²) in [6, 6.07) is 10.9. The molecule has 2 aliphatic rings. The molecule has 0 radical (unpaired) electrons. The van der Waals surface area contributed by atoms with Gasteiger partial charge in [-0.25, -0.2) is 0 Å². The van der Waals surface area contributed by atoms with Gasteiger partial charge in [-0.3, -0.25) is 14.7 Å². The molecule has 0 aliphatic carbocycles. The molecule has 6 nitrogen and oxygen atoms in total. The van der Waals surface area contributed by atoms with Crippen molar-refractivity contribution < 1.29 is 4.79 Å². The summed E-state index contributed by atoms with van der Waals surface area (Å²) in [7, 11) is 0. The summed E-state index contributed by atoms with van der Waals surface area (Å²) in [5, 5.41) is 6.85. The Hall–Kier alpha value is -1.35. The van der Waals surface area contributed by atoms with Crippen LogP contribution < -0.4 is 10.6 Å². The average molecular weight is 556 g/mol. The third-order valence-electron chi connectivity index (χ3n) is 6.67. The quantitative estimate of drug-likeness (QED) is 0.279. The Morgan fingerprint density at radius 3 is 2.59 bits per heavy atom. The molecule has 32 heavy (non-hydrogen) atoms. The van der Waals surface area contributed by atoms with Crippen molar-refractivity contribution in [2.24, 2.45) is 16.8 Å². The number of carbonyl (C=O) groups excluding carboxylic acids is 1. The van der Waals surface area contributed by atoms with Crippen molar-refractivity contribution in [3.63, 3.8) is 0 Å². The van der Waals surface area contributed by atoms with E-state index < -0.39 is 0 Å². The number of benzene rings is 1. The topological polar surface area (TPSA) is 60.0 Å². The van der Waals surface area contributed by atoms with Gasteiger partial charge in [0.15, 0.2) is 5.96 Å². The van der Waals surface area contributed by atoms with Crippen molar-refractivity contribution in [3.05, 3.63) is 35.9 Å². The molecule has 1 aromatic carbocycles. The van der Waals surface area contributed by atoms with Gasteiger partial charge in [0.1, 0.15) is 0 Å². The zero-order chi connectivity index (χ0) is 22.1. The van der Waals surface area contributed by atoms with Crippen LogP contribution in [0.5, 0.6) is 0 Å². The van der Waals surface area contributed by atoms with Gasteiger partial charge in [0, 0.05) is 44.6 Å². The Morgan fingerprint density at radius 2 is 1.91 bits per heavy atom. The average Bonchev–Trinajstić information content (AvgIpc) is 3.14. The summed E-state index contributed by atoms with van der Waals surface area (Å²) in [5.74, 6) is 2.34. The molecule has 1 aromatic rings. The van der Waals surface area contributed by atoms with Crippen LogP contribution in [0.3, 0.4) is 0 Å². The van der Waals surface area contributed by atoms with Gasteiger partial charge in [0.2, 0.25) is 5.91 Å². The SMILES string of the molecule is CCNC(=NCC(C)N1CCC(C)CC1)NCC1CC(=O)N(CCc2ccccc2)C1.I. The Bertz CT molecular complexity index is 706. The van der Waals surface area contributed by atoms with Crippen LogP contribution in [-0.2, 0) is 11.2 Å². The van der Waals surface area contributed by atoms with Crippen LogP contribution in [-0.4, -0.2) is 73.5 Å². The van der Waals surface area contributed by atoms with E-state index in [2.05, 4.69) is 60.6 Å². The summed E-state index contributed by atoms with van der Waals surface area (Å²) >= 11 is 0. The van der Waals surface area contributed by atoms with Crippen molar-refractivity contribution in [2.45, 2.75) is 52.5 Å². The molecule has 3 rings (SSSR count). The molecular formula is C25H42IN5O. The Labute approximate surface area is 211 Å². The number of guanidine groups is 1. The predicted molar refractivity (Wildman–Crippen MR) is 144 cm³/mol. The van der Waals surface area contributed by atoms with Crippen LogP contribution >= 0.6 is 24.0 Å². The zero-order valence-electron chi connectivity index (χ0n) is 20.1. The molecule has 2 aliphatic heterocycles. The van der Waals surface area contributed by atoms with Crippen LogP contribution in [0, 0.1) is 11.8 Å². The number of halogens is 1. The minimum atomic E-state index is 0. The first-order chi connectivity index (χ1) is 15.0. The molecular weight excluding hydrogens is 513 g/mol. The van der Waals surface area contributed by atoms with E-state index in [0.29, 0.717) is 18.4 Å². The molecule has 1 amide bonds. The fraction of sp³-hybridized carbons (Fsp3) is 0.680. The number of aliphatic imine (C=N–C) groups is 1. The van der Waals surface area contributed by atoms with Gasteiger partial charge in [-0.05, 0) is 57.7 Å². The number of likely N-dealkylation sites (tertiary alicyclic amines) is 2. The number of hydrogen-bond acceptors (Lipinski definition) is 3. The second-order valence-corrected chi connectivity index (χ2v) is 9.31. The second-order valence-electron chi connectivity index (χ2n) is 9.31. The van der Waals surface area contributed by atoms with E-state index in [0.717, 1.165) is 51.0 Å². The van der Waals surface area contributed by atoms with E-state index in [-0.39, 0.29) is 29.9 Å². The molecule has 180 valence electrons. The van der Waals surface area contributed by atoms with Crippen LogP contribution in [0.2, 0.25) is 0 Å². The van der Waals surface area contributed by atoms with Crippen LogP contribution in [0.1, 0.15) is 45.6 Å². The summed E-state index contributed by atoms with van der Waals surface area (Å²) in [4.78, 5) is 21.9. The number of rotatable bonds is 9. The Balaban J connectivity index is 0.00000363. The van der Waals surface area contributed by atoms with Crippen LogP contribution in [0.25, 0.3) is 0 Å². The predicted octanol–water partition coefficient (Wildman–Crippen LogP) is 3.37. The van der Waals surface area contributed by atoms with Crippen molar-refractivity contribution in [1.82, 2.24) is 20.4 Å². The third kappa shape index (κ3) is 8.54. The molecule has 7 heteroatoms. The summed E-state index contributed by atoms with van der Waals surface area (Å²) in [5.41, 5.74) is 1.29. The van der Waals surface area contributed by atoms with Crippen molar-refractivity contribution >= 4 is 35.8 Å². The van der Waals surface area contributed by atoms with Gasteiger partial charge in [0.05, 0.1) is 6.54 Å². The lowest BCUT2D eigenvalue weighted by Crippen LogP contribution is -2.43. The largest absolute Gasteiger partial charge is 0.357 e. The molecule has 2 saturated heterocycles. The van der Waals surface area contributed by atoms with E-state index in [1.165, 1.54) is 31.5 Å². The fourth-order valence-corrected chi connectivity index (χ4v) is 4.51. The van der Waals surface area contributed by atoms with Crippen molar-refractivity contribution in [1.29, 1.82) is 0 Å². The number of nitrogens with zero attached hydrogens (tertiary/aromatic N) is 3. The number of piperidine rings is 1. The standard InChI is InChI=1S/C25H41N5O.HI/c1-4-26-25(27-17-21(3)29-13-10-20(2)11-14-29)28-18-23-16-24(31)30(19-23)15-12-22-8-6-5-7-9-22;/h5-9,20-21,23H,4,10-19H2,1-3H3,(H2,26,27,28);1H. The van der Waals surface area contributed by atoms with E-state index >= 15 is 0 Å².